The molecule has 0 saturated carbocycles. The molecular weight excluding hydrogens is 327 g/mol. The van der Waals surface area contributed by atoms with E-state index in [1.54, 1.807) is 19.9 Å². The van der Waals surface area contributed by atoms with E-state index < -0.39 is 28.5 Å². The summed E-state index contributed by atoms with van der Waals surface area (Å²) in [5.74, 6) is -0.452. The zero-order valence-electron chi connectivity index (χ0n) is 13.3. The Morgan fingerprint density at radius 2 is 2.08 bits per heavy atom. The van der Waals surface area contributed by atoms with Crippen molar-refractivity contribution in [2.24, 2.45) is 5.41 Å². The number of nitrogens with zero attached hydrogens (tertiary/aromatic N) is 2. The molecule has 1 heterocycles. The Bertz CT molecular complexity index is 646. The second kappa shape index (κ2) is 6.39. The van der Waals surface area contributed by atoms with Crippen LogP contribution in [-0.4, -0.2) is 34.6 Å². The van der Waals surface area contributed by atoms with Crippen LogP contribution in [-0.2, 0) is 11.2 Å². The van der Waals surface area contributed by atoms with Gasteiger partial charge in [-0.05, 0) is 32.3 Å². The maximum atomic E-state index is 13.4. The molecule has 0 bridgehead atoms. The van der Waals surface area contributed by atoms with Crippen molar-refractivity contribution in [2.75, 3.05) is 6.54 Å². The summed E-state index contributed by atoms with van der Waals surface area (Å²) in [4.78, 5) is 21.9. The first kappa shape index (κ1) is 18.2. The van der Waals surface area contributed by atoms with Crippen LogP contribution in [0.5, 0.6) is 0 Å². The number of amides is 1. The normalized spacial score (nSPS) is 19.1. The highest BCUT2D eigenvalue weighted by Gasteiger charge is 2.49. The third-order valence-electron chi connectivity index (χ3n) is 4.01. The standard InChI is InChI=1S/C15H18F3N3O3/c1-14(2)9-20(19-13(14)22)12(15(16,17)18)7-6-10-4-3-5-11(8-10)21(23)24/h3-5,8,12H,6-7,9H2,1-2H3,(H,19,22). The van der Waals surface area contributed by atoms with Crippen LogP contribution >= 0.6 is 0 Å². The van der Waals surface area contributed by atoms with Gasteiger partial charge in [0.25, 0.3) is 5.69 Å². The summed E-state index contributed by atoms with van der Waals surface area (Å²) >= 11 is 0. The van der Waals surface area contributed by atoms with Gasteiger partial charge in [0.2, 0.25) is 5.91 Å². The van der Waals surface area contributed by atoms with E-state index in [4.69, 9.17) is 0 Å². The van der Waals surface area contributed by atoms with Crippen molar-refractivity contribution in [2.45, 2.75) is 38.9 Å². The Morgan fingerprint density at radius 1 is 1.42 bits per heavy atom. The van der Waals surface area contributed by atoms with Gasteiger partial charge in [-0.1, -0.05) is 12.1 Å². The maximum Gasteiger partial charge on any atom is 0.405 e. The quantitative estimate of drug-likeness (QED) is 0.658. The summed E-state index contributed by atoms with van der Waals surface area (Å²) in [6, 6.07) is 3.69. The van der Waals surface area contributed by atoms with Crippen molar-refractivity contribution in [1.29, 1.82) is 0 Å². The molecule has 2 rings (SSSR count). The lowest BCUT2D eigenvalue weighted by Crippen LogP contribution is -2.50. The van der Waals surface area contributed by atoms with Gasteiger partial charge < -0.3 is 0 Å². The van der Waals surface area contributed by atoms with Crippen LogP contribution in [0, 0.1) is 15.5 Å². The topological polar surface area (TPSA) is 75.5 Å². The number of nitro groups is 1. The van der Waals surface area contributed by atoms with Crippen LogP contribution in [0.2, 0.25) is 0 Å². The van der Waals surface area contributed by atoms with Crippen molar-refractivity contribution < 1.29 is 22.9 Å². The predicted octanol–water partition coefficient (Wildman–Crippen LogP) is 2.83. The van der Waals surface area contributed by atoms with Gasteiger partial charge in [0.05, 0.1) is 10.3 Å². The summed E-state index contributed by atoms with van der Waals surface area (Å²) in [7, 11) is 0. The number of benzene rings is 1. The first-order valence-corrected chi connectivity index (χ1v) is 7.38. The highest BCUT2D eigenvalue weighted by molar-refractivity contribution is 5.83. The second-order valence-electron chi connectivity index (χ2n) is 6.48. The fourth-order valence-electron chi connectivity index (χ4n) is 2.63. The molecule has 1 amide bonds. The summed E-state index contributed by atoms with van der Waals surface area (Å²) in [5.41, 5.74) is 1.68. The SMILES string of the molecule is CC1(C)CN(C(CCc2cccc([N+](=O)[O-])c2)C(F)(F)F)NC1=O. The van der Waals surface area contributed by atoms with E-state index in [0.717, 1.165) is 5.01 Å². The van der Waals surface area contributed by atoms with Gasteiger partial charge in [-0.3, -0.25) is 20.3 Å². The molecule has 1 fully saturated rings. The number of non-ortho nitro benzene ring substituents is 1. The molecule has 9 heteroatoms. The van der Waals surface area contributed by atoms with Gasteiger partial charge in [-0.25, -0.2) is 5.01 Å². The lowest BCUT2D eigenvalue weighted by Gasteiger charge is -2.29. The summed E-state index contributed by atoms with van der Waals surface area (Å²) in [6.07, 6.45) is -4.81. The number of rotatable bonds is 5. The van der Waals surface area contributed by atoms with Crippen LogP contribution in [0.25, 0.3) is 0 Å². The van der Waals surface area contributed by atoms with Gasteiger partial charge in [0.1, 0.15) is 6.04 Å². The van der Waals surface area contributed by atoms with Crippen molar-refractivity contribution >= 4 is 11.6 Å². The Kier molecular flexibility index (Phi) is 4.84. The lowest BCUT2D eigenvalue weighted by molar-refractivity contribution is -0.384. The number of hydrogen-bond donors (Lipinski definition) is 1. The van der Waals surface area contributed by atoms with Gasteiger partial charge in [-0.15, -0.1) is 0 Å². The minimum Gasteiger partial charge on any atom is -0.288 e. The summed E-state index contributed by atoms with van der Waals surface area (Å²) in [5, 5.41) is 11.7. The lowest BCUT2D eigenvalue weighted by atomic mass is 9.94. The minimum atomic E-state index is -4.52. The van der Waals surface area contributed by atoms with Crippen molar-refractivity contribution in [1.82, 2.24) is 10.4 Å². The van der Waals surface area contributed by atoms with Crippen LogP contribution in [0.4, 0.5) is 18.9 Å². The molecule has 1 saturated heterocycles. The van der Waals surface area contributed by atoms with E-state index in [1.165, 1.54) is 18.2 Å². The molecule has 0 spiro atoms. The number of aryl methyl sites for hydroxylation is 1. The molecule has 1 aliphatic heterocycles. The Labute approximate surface area is 136 Å². The van der Waals surface area contributed by atoms with Crippen LogP contribution in [0.1, 0.15) is 25.8 Å². The molecular formula is C15H18F3N3O3. The Balaban J connectivity index is 2.12. The number of carbonyl (C=O) groups excluding carboxylic acids is 1. The molecule has 0 aromatic heterocycles. The average molecular weight is 345 g/mol. The monoisotopic (exact) mass is 345 g/mol. The fraction of sp³-hybridized carbons (Fsp3) is 0.533. The van der Waals surface area contributed by atoms with E-state index >= 15 is 0 Å². The zero-order valence-corrected chi connectivity index (χ0v) is 13.3. The number of alkyl halides is 3. The largest absolute Gasteiger partial charge is 0.405 e. The number of carbonyl (C=O) groups is 1. The van der Waals surface area contributed by atoms with Gasteiger partial charge in [0, 0.05) is 18.7 Å². The molecule has 1 atom stereocenters. The number of halogens is 3. The second-order valence-corrected chi connectivity index (χ2v) is 6.48. The van der Waals surface area contributed by atoms with Crippen LogP contribution in [0.15, 0.2) is 24.3 Å². The number of nitrogens with one attached hydrogen (secondary N) is 1. The van der Waals surface area contributed by atoms with Crippen LogP contribution in [0.3, 0.4) is 0 Å². The van der Waals surface area contributed by atoms with Crippen LogP contribution < -0.4 is 5.43 Å². The molecule has 1 N–H and O–H groups in total. The van der Waals surface area contributed by atoms with E-state index in [2.05, 4.69) is 5.43 Å². The molecule has 1 unspecified atom stereocenters. The highest BCUT2D eigenvalue weighted by atomic mass is 19.4. The maximum absolute atomic E-state index is 13.4. The fourth-order valence-corrected chi connectivity index (χ4v) is 2.63. The molecule has 132 valence electrons. The Morgan fingerprint density at radius 3 is 2.58 bits per heavy atom. The predicted molar refractivity (Wildman–Crippen MR) is 79.9 cm³/mol. The minimum absolute atomic E-state index is 0.0126. The molecule has 1 aromatic carbocycles. The van der Waals surface area contributed by atoms with Crippen molar-refractivity contribution in [3.8, 4) is 0 Å². The van der Waals surface area contributed by atoms with Crippen molar-refractivity contribution in [3.63, 3.8) is 0 Å². The average Bonchev–Trinajstić information content (AvgIpc) is 2.71. The highest BCUT2D eigenvalue weighted by Crippen LogP contribution is 2.33. The third kappa shape index (κ3) is 4.02. The van der Waals surface area contributed by atoms with Crippen molar-refractivity contribution in [3.05, 3.63) is 39.9 Å². The first-order chi connectivity index (χ1) is 11.0. The summed E-state index contributed by atoms with van der Waals surface area (Å²) in [6.45, 7) is 3.11. The molecule has 0 radical (unpaired) electrons. The number of nitro benzene ring substituents is 1. The van der Waals surface area contributed by atoms with E-state index in [-0.39, 0.29) is 25.1 Å². The first-order valence-electron chi connectivity index (χ1n) is 7.38. The Hall–Kier alpha value is -2.16. The molecule has 24 heavy (non-hydrogen) atoms. The number of hydrazine groups is 1. The van der Waals surface area contributed by atoms with Gasteiger partial charge in [0.15, 0.2) is 0 Å². The smallest absolute Gasteiger partial charge is 0.288 e. The summed E-state index contributed by atoms with van der Waals surface area (Å²) < 4.78 is 40.1. The zero-order chi connectivity index (χ0) is 18.1. The molecule has 1 aromatic rings. The van der Waals surface area contributed by atoms with Gasteiger partial charge in [-0.2, -0.15) is 13.2 Å². The van der Waals surface area contributed by atoms with E-state index in [1.807, 2.05) is 0 Å². The molecule has 0 aliphatic carbocycles. The number of hydrogen-bond acceptors (Lipinski definition) is 4. The van der Waals surface area contributed by atoms with E-state index in [9.17, 15) is 28.1 Å². The molecule has 1 aliphatic rings. The third-order valence-corrected chi connectivity index (χ3v) is 4.01. The van der Waals surface area contributed by atoms with E-state index in [0.29, 0.717) is 5.56 Å². The molecule has 6 nitrogen and oxygen atoms in total. The van der Waals surface area contributed by atoms with Gasteiger partial charge >= 0.3 is 6.18 Å².